The Bertz CT molecular complexity index is 1140. The summed E-state index contributed by atoms with van der Waals surface area (Å²) in [5.41, 5.74) is 5.24. The van der Waals surface area contributed by atoms with Crippen LogP contribution in [0.1, 0.15) is 30.5 Å². The zero-order chi connectivity index (χ0) is 20.3. The third-order valence-corrected chi connectivity index (χ3v) is 5.84. The van der Waals surface area contributed by atoms with Crippen LogP contribution in [0.15, 0.2) is 48.9 Å². The first kappa shape index (κ1) is 18.8. The Morgan fingerprint density at radius 3 is 2.97 bits per heavy atom. The third kappa shape index (κ3) is 4.07. The van der Waals surface area contributed by atoms with E-state index in [1.807, 2.05) is 16.9 Å². The molecule has 30 heavy (non-hydrogen) atoms. The first-order valence-corrected chi connectivity index (χ1v) is 10.5. The van der Waals surface area contributed by atoms with E-state index in [-0.39, 0.29) is 0 Å². The Morgan fingerprint density at radius 1 is 1.20 bits per heavy atom. The summed E-state index contributed by atoms with van der Waals surface area (Å²) in [5, 5.41) is 13.4. The third-order valence-electron chi connectivity index (χ3n) is 5.84. The van der Waals surface area contributed by atoms with Crippen molar-refractivity contribution in [3.63, 3.8) is 0 Å². The van der Waals surface area contributed by atoms with Crippen molar-refractivity contribution in [3.05, 3.63) is 60.2 Å². The summed E-state index contributed by atoms with van der Waals surface area (Å²) in [7, 11) is 1.63. The van der Waals surface area contributed by atoms with Crippen LogP contribution in [0, 0.1) is 5.92 Å². The molecule has 3 heterocycles. The average Bonchev–Trinajstić information content (AvgIpc) is 3.36. The summed E-state index contributed by atoms with van der Waals surface area (Å²) >= 11 is 0. The van der Waals surface area contributed by atoms with E-state index in [1.54, 1.807) is 19.5 Å². The molecule has 0 spiro atoms. The fourth-order valence-electron chi connectivity index (χ4n) is 3.90. The van der Waals surface area contributed by atoms with Crippen molar-refractivity contribution in [1.29, 1.82) is 0 Å². The molecule has 0 amide bonds. The molecule has 1 saturated carbocycles. The van der Waals surface area contributed by atoms with Crippen molar-refractivity contribution in [3.8, 4) is 17.0 Å². The van der Waals surface area contributed by atoms with Crippen molar-refractivity contribution in [1.82, 2.24) is 30.3 Å². The first-order chi connectivity index (χ1) is 14.8. The normalized spacial score (nSPS) is 14.2. The predicted octanol–water partition coefficient (Wildman–Crippen LogP) is 3.77. The van der Waals surface area contributed by atoms with Crippen molar-refractivity contribution < 1.29 is 4.74 Å². The number of fused-ring (bicyclic) bond motifs is 1. The van der Waals surface area contributed by atoms with Gasteiger partial charge in [0.2, 0.25) is 0 Å². The average molecular weight is 403 g/mol. The van der Waals surface area contributed by atoms with Crippen LogP contribution >= 0.6 is 0 Å². The van der Waals surface area contributed by atoms with Gasteiger partial charge in [-0.15, -0.1) is 5.10 Å². The van der Waals surface area contributed by atoms with E-state index in [0.29, 0.717) is 12.3 Å². The van der Waals surface area contributed by atoms with Gasteiger partial charge < -0.3 is 15.0 Å². The number of nitrogens with zero attached hydrogens (tertiary/aromatic N) is 4. The number of aromatic amines is 1. The van der Waals surface area contributed by atoms with E-state index in [0.717, 1.165) is 35.8 Å². The molecule has 1 aliphatic rings. The van der Waals surface area contributed by atoms with Crippen LogP contribution in [-0.2, 0) is 13.1 Å². The minimum atomic E-state index is 0.661. The highest BCUT2D eigenvalue weighted by molar-refractivity contribution is 5.81. The van der Waals surface area contributed by atoms with E-state index in [2.05, 4.69) is 49.9 Å². The molecule has 0 aliphatic heterocycles. The smallest absolute Gasteiger partial charge is 0.137 e. The Hall–Kier alpha value is -3.19. The molecule has 154 valence electrons. The standard InChI is InChI=1S/C23H26N6O/c1-30-21-9-19(11-25-13-21)23-15-29(28-27-23)14-17-5-6-18-8-20(26-22(18)7-17)12-24-10-16-3-2-4-16/h5-9,11,13,15-16,24,26H,2-4,10,12,14H2,1H3. The second-order valence-electron chi connectivity index (χ2n) is 8.06. The topological polar surface area (TPSA) is 80.6 Å². The van der Waals surface area contributed by atoms with Crippen LogP contribution in [0.3, 0.4) is 0 Å². The predicted molar refractivity (Wildman–Crippen MR) is 116 cm³/mol. The minimum absolute atomic E-state index is 0.661. The number of hydrogen-bond acceptors (Lipinski definition) is 5. The zero-order valence-electron chi connectivity index (χ0n) is 17.1. The summed E-state index contributed by atoms with van der Waals surface area (Å²) in [4.78, 5) is 7.73. The SMILES string of the molecule is COc1cncc(-c2cn(Cc3ccc4cc(CNCC5CCC5)[nH]c4c3)nn2)c1. The Balaban J connectivity index is 1.26. The number of ether oxygens (including phenoxy) is 1. The molecule has 1 fully saturated rings. The second-order valence-corrected chi connectivity index (χ2v) is 8.06. The van der Waals surface area contributed by atoms with E-state index in [1.165, 1.54) is 35.9 Å². The molecule has 7 nitrogen and oxygen atoms in total. The van der Waals surface area contributed by atoms with Crippen LogP contribution in [-0.4, -0.2) is 38.6 Å². The van der Waals surface area contributed by atoms with Crippen molar-refractivity contribution in [2.75, 3.05) is 13.7 Å². The Morgan fingerprint density at radius 2 is 2.13 bits per heavy atom. The highest BCUT2D eigenvalue weighted by Crippen LogP contribution is 2.25. The molecule has 0 saturated heterocycles. The largest absolute Gasteiger partial charge is 0.495 e. The van der Waals surface area contributed by atoms with Crippen LogP contribution in [0.4, 0.5) is 0 Å². The van der Waals surface area contributed by atoms with Gasteiger partial charge in [0.05, 0.1) is 26.0 Å². The van der Waals surface area contributed by atoms with E-state index >= 15 is 0 Å². The van der Waals surface area contributed by atoms with E-state index in [4.69, 9.17) is 4.74 Å². The summed E-state index contributed by atoms with van der Waals surface area (Å²) in [6.45, 7) is 2.67. The van der Waals surface area contributed by atoms with Crippen LogP contribution in [0.25, 0.3) is 22.2 Å². The van der Waals surface area contributed by atoms with Crippen molar-refractivity contribution in [2.24, 2.45) is 5.92 Å². The lowest BCUT2D eigenvalue weighted by Gasteiger charge is -2.25. The number of pyridine rings is 1. The number of hydrogen-bond donors (Lipinski definition) is 2. The zero-order valence-corrected chi connectivity index (χ0v) is 17.1. The summed E-state index contributed by atoms with van der Waals surface area (Å²) < 4.78 is 7.09. The van der Waals surface area contributed by atoms with Gasteiger partial charge in [0, 0.05) is 29.5 Å². The van der Waals surface area contributed by atoms with Gasteiger partial charge in [-0.1, -0.05) is 23.8 Å². The number of methoxy groups -OCH3 is 1. The second kappa shape index (κ2) is 8.28. The Kier molecular flexibility index (Phi) is 5.19. The first-order valence-electron chi connectivity index (χ1n) is 10.5. The molecule has 2 N–H and O–H groups in total. The maximum Gasteiger partial charge on any atom is 0.137 e. The lowest BCUT2D eigenvalue weighted by molar-refractivity contribution is 0.301. The number of rotatable bonds is 8. The highest BCUT2D eigenvalue weighted by atomic mass is 16.5. The Labute approximate surface area is 175 Å². The quantitative estimate of drug-likeness (QED) is 0.469. The molecule has 0 radical (unpaired) electrons. The molecule has 5 rings (SSSR count). The molecule has 0 unspecified atom stereocenters. The number of benzene rings is 1. The molecule has 0 bridgehead atoms. The van der Waals surface area contributed by atoms with Gasteiger partial charge in [-0.25, -0.2) is 4.68 Å². The molecule has 3 aromatic heterocycles. The lowest BCUT2D eigenvalue weighted by atomic mass is 9.85. The number of H-pyrrole nitrogens is 1. The fraction of sp³-hybridized carbons (Fsp3) is 0.348. The maximum atomic E-state index is 5.24. The van der Waals surface area contributed by atoms with E-state index < -0.39 is 0 Å². The van der Waals surface area contributed by atoms with Crippen molar-refractivity contribution >= 4 is 10.9 Å². The number of nitrogens with one attached hydrogen (secondary N) is 2. The van der Waals surface area contributed by atoms with Crippen LogP contribution < -0.4 is 10.1 Å². The summed E-state index contributed by atoms with van der Waals surface area (Å²) in [6.07, 6.45) is 9.53. The van der Waals surface area contributed by atoms with Gasteiger partial charge >= 0.3 is 0 Å². The molecule has 4 aromatic rings. The van der Waals surface area contributed by atoms with Gasteiger partial charge in [-0.3, -0.25) is 4.98 Å². The number of aromatic nitrogens is 5. The maximum absolute atomic E-state index is 5.24. The highest BCUT2D eigenvalue weighted by Gasteiger charge is 2.16. The van der Waals surface area contributed by atoms with Gasteiger partial charge in [0.25, 0.3) is 0 Å². The van der Waals surface area contributed by atoms with Gasteiger partial charge in [-0.2, -0.15) is 0 Å². The molecule has 1 aliphatic carbocycles. The van der Waals surface area contributed by atoms with Gasteiger partial charge in [0.1, 0.15) is 11.4 Å². The molecule has 7 heteroatoms. The molecular formula is C23H26N6O. The summed E-state index contributed by atoms with van der Waals surface area (Å²) in [6, 6.07) is 10.7. The molecule has 0 atom stereocenters. The minimum Gasteiger partial charge on any atom is -0.495 e. The molecule has 1 aromatic carbocycles. The van der Waals surface area contributed by atoms with Crippen LogP contribution in [0.5, 0.6) is 5.75 Å². The van der Waals surface area contributed by atoms with E-state index in [9.17, 15) is 0 Å². The van der Waals surface area contributed by atoms with Gasteiger partial charge in [0.15, 0.2) is 0 Å². The van der Waals surface area contributed by atoms with Crippen molar-refractivity contribution in [2.45, 2.75) is 32.4 Å². The van der Waals surface area contributed by atoms with Gasteiger partial charge in [-0.05, 0) is 54.5 Å². The molecular weight excluding hydrogens is 376 g/mol. The lowest BCUT2D eigenvalue weighted by Crippen LogP contribution is -2.26. The fourth-order valence-corrected chi connectivity index (χ4v) is 3.90. The summed E-state index contributed by atoms with van der Waals surface area (Å²) in [5.74, 6) is 1.58. The van der Waals surface area contributed by atoms with Crippen LogP contribution in [0.2, 0.25) is 0 Å². The monoisotopic (exact) mass is 402 g/mol.